The monoisotopic (exact) mass is 325 g/mol. The maximum atomic E-state index is 10.8. The fourth-order valence-corrected chi connectivity index (χ4v) is 2.04. The number of aromatic nitrogens is 1. The Kier molecular flexibility index (Phi) is 4.28. The molecule has 0 saturated heterocycles. The van der Waals surface area contributed by atoms with Crippen molar-refractivity contribution in [2.75, 3.05) is 0 Å². The smallest absolute Gasteiger partial charge is 0.283 e. The normalized spacial score (nSPS) is 10.6. The van der Waals surface area contributed by atoms with Gasteiger partial charge in [0.05, 0.1) is 15.1 Å². The first kappa shape index (κ1) is 13.7. The van der Waals surface area contributed by atoms with Gasteiger partial charge in [0.2, 0.25) is 0 Å². The number of hydrogen-bond donors (Lipinski definition) is 1. The Labute approximate surface area is 118 Å². The largest absolute Gasteiger partial charge is 0.361 e. The molecule has 0 radical (unpaired) electrons. The van der Waals surface area contributed by atoms with E-state index in [9.17, 15) is 10.1 Å². The Balaban J connectivity index is 1.96. The summed E-state index contributed by atoms with van der Waals surface area (Å²) in [6.45, 7) is 2.91. The number of nitrogens with one attached hydrogen (secondary N) is 1. The topological polar surface area (TPSA) is 81.2 Å². The first-order valence-corrected chi connectivity index (χ1v) is 6.41. The summed E-state index contributed by atoms with van der Waals surface area (Å²) < 4.78 is 5.43. The van der Waals surface area contributed by atoms with Gasteiger partial charge in [-0.3, -0.25) is 10.1 Å². The molecule has 0 saturated carbocycles. The van der Waals surface area contributed by atoms with Crippen molar-refractivity contribution in [3.63, 3.8) is 0 Å². The van der Waals surface area contributed by atoms with E-state index < -0.39 is 4.92 Å². The highest BCUT2D eigenvalue weighted by Gasteiger charge is 2.12. The van der Waals surface area contributed by atoms with E-state index in [0.29, 0.717) is 17.6 Å². The van der Waals surface area contributed by atoms with Crippen LogP contribution in [-0.4, -0.2) is 10.1 Å². The Bertz CT molecular complexity index is 598. The van der Waals surface area contributed by atoms with Crippen molar-refractivity contribution in [2.24, 2.45) is 0 Å². The highest BCUT2D eigenvalue weighted by atomic mass is 79.9. The second kappa shape index (κ2) is 5.94. The number of nitro benzene ring substituents is 1. The number of halogens is 1. The van der Waals surface area contributed by atoms with Gasteiger partial charge in [-0.2, -0.15) is 0 Å². The summed E-state index contributed by atoms with van der Waals surface area (Å²) >= 11 is 3.15. The van der Waals surface area contributed by atoms with E-state index in [-0.39, 0.29) is 5.69 Å². The molecule has 0 spiro atoms. The maximum absolute atomic E-state index is 10.8. The maximum Gasteiger partial charge on any atom is 0.283 e. The van der Waals surface area contributed by atoms with Crippen LogP contribution in [0.1, 0.15) is 17.0 Å². The van der Waals surface area contributed by atoms with Crippen molar-refractivity contribution >= 4 is 21.6 Å². The molecule has 2 aromatic rings. The van der Waals surface area contributed by atoms with Gasteiger partial charge in [-0.15, -0.1) is 0 Å². The Morgan fingerprint density at radius 2 is 2.21 bits per heavy atom. The summed E-state index contributed by atoms with van der Waals surface area (Å²) in [5.74, 6) is 0.760. The van der Waals surface area contributed by atoms with Gasteiger partial charge in [-0.1, -0.05) is 11.2 Å². The zero-order valence-electron chi connectivity index (χ0n) is 10.2. The molecule has 0 fully saturated rings. The quantitative estimate of drug-likeness (QED) is 0.675. The van der Waals surface area contributed by atoms with Crippen molar-refractivity contribution in [3.8, 4) is 0 Å². The minimum absolute atomic E-state index is 0.0663. The van der Waals surface area contributed by atoms with Crippen LogP contribution in [0.25, 0.3) is 0 Å². The third-order valence-electron chi connectivity index (χ3n) is 2.52. The van der Waals surface area contributed by atoms with Crippen LogP contribution in [0.5, 0.6) is 0 Å². The molecule has 2 rings (SSSR count). The van der Waals surface area contributed by atoms with Gasteiger partial charge in [-0.25, -0.2) is 0 Å². The van der Waals surface area contributed by atoms with Gasteiger partial charge in [0.25, 0.3) is 5.69 Å². The van der Waals surface area contributed by atoms with Crippen molar-refractivity contribution in [2.45, 2.75) is 20.0 Å². The van der Waals surface area contributed by atoms with Gasteiger partial charge < -0.3 is 9.84 Å². The zero-order chi connectivity index (χ0) is 13.8. The van der Waals surface area contributed by atoms with E-state index >= 15 is 0 Å². The summed E-state index contributed by atoms with van der Waals surface area (Å²) in [7, 11) is 0. The first-order chi connectivity index (χ1) is 9.06. The number of benzene rings is 1. The zero-order valence-corrected chi connectivity index (χ0v) is 11.8. The molecule has 0 aliphatic carbocycles. The average Bonchev–Trinajstić information content (AvgIpc) is 2.77. The fraction of sp³-hybridized carbons (Fsp3) is 0.250. The summed E-state index contributed by atoms with van der Waals surface area (Å²) in [5, 5.41) is 17.8. The van der Waals surface area contributed by atoms with Crippen molar-refractivity contribution in [1.82, 2.24) is 10.5 Å². The molecule has 1 aromatic carbocycles. The van der Waals surface area contributed by atoms with E-state index in [2.05, 4.69) is 26.4 Å². The minimum atomic E-state index is -0.408. The van der Waals surface area contributed by atoms with Crippen LogP contribution in [-0.2, 0) is 13.1 Å². The third kappa shape index (κ3) is 3.62. The second-order valence-corrected chi connectivity index (χ2v) is 4.93. The number of nitro groups is 1. The van der Waals surface area contributed by atoms with Gasteiger partial charge in [0.15, 0.2) is 0 Å². The number of nitrogens with zero attached hydrogens (tertiary/aromatic N) is 2. The third-order valence-corrected chi connectivity index (χ3v) is 3.19. The molecule has 100 valence electrons. The molecular weight excluding hydrogens is 314 g/mol. The summed E-state index contributed by atoms with van der Waals surface area (Å²) in [4.78, 5) is 10.4. The van der Waals surface area contributed by atoms with Crippen LogP contribution in [0.3, 0.4) is 0 Å². The Morgan fingerprint density at radius 1 is 1.42 bits per heavy atom. The van der Waals surface area contributed by atoms with Crippen LogP contribution < -0.4 is 5.32 Å². The average molecular weight is 326 g/mol. The van der Waals surface area contributed by atoms with E-state index in [1.165, 1.54) is 0 Å². The Hall–Kier alpha value is -1.73. The standard InChI is InChI=1S/C12H12BrN3O3/c1-8-4-10(15-19-8)7-14-6-9-2-3-11(13)12(5-9)16(17)18/h2-5,14H,6-7H2,1H3. The van der Waals surface area contributed by atoms with Crippen molar-refractivity contribution < 1.29 is 9.45 Å². The van der Waals surface area contributed by atoms with Crippen LogP contribution in [0, 0.1) is 17.0 Å². The summed E-state index contributed by atoms with van der Waals surface area (Å²) in [6, 6.07) is 6.90. The molecule has 0 bridgehead atoms. The molecule has 0 amide bonds. The molecule has 19 heavy (non-hydrogen) atoms. The van der Waals surface area contributed by atoms with E-state index in [4.69, 9.17) is 4.52 Å². The molecule has 0 unspecified atom stereocenters. The van der Waals surface area contributed by atoms with E-state index in [1.807, 2.05) is 19.1 Å². The Morgan fingerprint density at radius 3 is 2.84 bits per heavy atom. The predicted molar refractivity (Wildman–Crippen MR) is 72.6 cm³/mol. The first-order valence-electron chi connectivity index (χ1n) is 5.62. The number of hydrogen-bond acceptors (Lipinski definition) is 5. The fourth-order valence-electron chi connectivity index (χ4n) is 1.64. The molecular formula is C12H12BrN3O3. The minimum Gasteiger partial charge on any atom is -0.361 e. The predicted octanol–water partition coefficient (Wildman–Crippen LogP) is 2.94. The molecule has 0 aliphatic rings. The van der Waals surface area contributed by atoms with Gasteiger partial charge >= 0.3 is 0 Å². The van der Waals surface area contributed by atoms with Crippen molar-refractivity contribution in [3.05, 3.63) is 55.9 Å². The highest BCUT2D eigenvalue weighted by molar-refractivity contribution is 9.10. The molecule has 6 nitrogen and oxygen atoms in total. The summed E-state index contributed by atoms with van der Waals surface area (Å²) in [5.41, 5.74) is 1.72. The molecule has 1 heterocycles. The van der Waals surface area contributed by atoms with Crippen LogP contribution in [0.4, 0.5) is 5.69 Å². The van der Waals surface area contributed by atoms with Crippen LogP contribution in [0.15, 0.2) is 33.3 Å². The second-order valence-electron chi connectivity index (χ2n) is 4.08. The van der Waals surface area contributed by atoms with E-state index in [0.717, 1.165) is 17.0 Å². The molecule has 1 aromatic heterocycles. The number of aryl methyl sites for hydroxylation is 1. The molecule has 1 N–H and O–H groups in total. The number of rotatable bonds is 5. The highest BCUT2D eigenvalue weighted by Crippen LogP contribution is 2.25. The van der Waals surface area contributed by atoms with E-state index in [1.54, 1.807) is 12.1 Å². The van der Waals surface area contributed by atoms with Crippen molar-refractivity contribution in [1.29, 1.82) is 0 Å². The molecule has 7 heteroatoms. The SMILES string of the molecule is Cc1cc(CNCc2ccc(Br)c([N+](=O)[O-])c2)no1. The van der Waals surface area contributed by atoms with Crippen LogP contribution >= 0.6 is 15.9 Å². The molecule has 0 aliphatic heterocycles. The summed E-state index contributed by atoms with van der Waals surface area (Å²) in [6.07, 6.45) is 0. The lowest BCUT2D eigenvalue weighted by Gasteiger charge is -2.03. The lowest BCUT2D eigenvalue weighted by Crippen LogP contribution is -2.13. The lowest BCUT2D eigenvalue weighted by molar-refractivity contribution is -0.385. The van der Waals surface area contributed by atoms with Crippen LogP contribution in [0.2, 0.25) is 0 Å². The van der Waals surface area contributed by atoms with Gasteiger partial charge in [0, 0.05) is 25.2 Å². The van der Waals surface area contributed by atoms with Gasteiger partial charge in [0.1, 0.15) is 5.76 Å². The lowest BCUT2D eigenvalue weighted by atomic mass is 10.2. The molecule has 0 atom stereocenters. The van der Waals surface area contributed by atoms with Gasteiger partial charge in [-0.05, 0) is 34.5 Å².